The maximum Gasteiger partial charge on any atom is 0.279 e. The van der Waals surface area contributed by atoms with Crippen LogP contribution in [0.5, 0.6) is 0 Å². The van der Waals surface area contributed by atoms with E-state index < -0.39 is 10.2 Å². The lowest BCUT2D eigenvalue weighted by Gasteiger charge is -2.23. The van der Waals surface area contributed by atoms with E-state index in [0.717, 1.165) is 38.5 Å². The number of halogens is 1. The molecule has 0 radical (unpaired) electrons. The number of rotatable bonds is 4. The van der Waals surface area contributed by atoms with E-state index >= 15 is 0 Å². The molecule has 2 rings (SSSR count). The predicted molar refractivity (Wildman–Crippen MR) is 64.8 cm³/mol. The summed E-state index contributed by atoms with van der Waals surface area (Å²) in [6.07, 6.45) is 5.93. The zero-order valence-electron chi connectivity index (χ0n) is 9.41. The van der Waals surface area contributed by atoms with Crippen LogP contribution in [0.3, 0.4) is 0 Å². The number of hydrogen-bond acceptors (Lipinski definition) is 2. The second-order valence-electron chi connectivity index (χ2n) is 4.83. The highest BCUT2D eigenvalue weighted by molar-refractivity contribution is 7.87. The first-order chi connectivity index (χ1) is 7.58. The Kier molecular flexibility index (Phi) is 3.79. The SMILES string of the molecule is O=S(=O)(NC1(CCl)CC1)N1CCCCCC1. The van der Waals surface area contributed by atoms with Crippen molar-refractivity contribution < 1.29 is 8.42 Å². The van der Waals surface area contributed by atoms with Gasteiger partial charge in [0.05, 0.1) is 0 Å². The van der Waals surface area contributed by atoms with E-state index in [1.807, 2.05) is 0 Å². The van der Waals surface area contributed by atoms with Crippen molar-refractivity contribution in [3.8, 4) is 0 Å². The van der Waals surface area contributed by atoms with Crippen molar-refractivity contribution in [1.82, 2.24) is 9.03 Å². The molecule has 94 valence electrons. The first-order valence-electron chi connectivity index (χ1n) is 5.93. The van der Waals surface area contributed by atoms with Crippen LogP contribution >= 0.6 is 11.6 Å². The van der Waals surface area contributed by atoms with Gasteiger partial charge in [0.2, 0.25) is 0 Å². The Hall–Kier alpha value is 0.160. The summed E-state index contributed by atoms with van der Waals surface area (Å²) < 4.78 is 28.6. The van der Waals surface area contributed by atoms with Crippen LogP contribution in [0.1, 0.15) is 38.5 Å². The lowest BCUT2D eigenvalue weighted by Crippen LogP contribution is -2.47. The number of hydrogen-bond donors (Lipinski definition) is 1. The second kappa shape index (κ2) is 4.80. The monoisotopic (exact) mass is 266 g/mol. The summed E-state index contributed by atoms with van der Waals surface area (Å²) in [6.45, 7) is 1.29. The van der Waals surface area contributed by atoms with Crippen LogP contribution in [0.15, 0.2) is 0 Å². The molecule has 0 atom stereocenters. The summed E-state index contributed by atoms with van der Waals surface area (Å²) in [6, 6.07) is 0. The lowest BCUT2D eigenvalue weighted by atomic mass is 10.2. The second-order valence-corrected chi connectivity index (χ2v) is 6.77. The maximum atomic E-state index is 12.1. The first-order valence-corrected chi connectivity index (χ1v) is 7.90. The molecule has 1 heterocycles. The third-order valence-corrected chi connectivity index (χ3v) is 5.61. The Labute approximate surface area is 103 Å². The van der Waals surface area contributed by atoms with E-state index in [-0.39, 0.29) is 5.54 Å². The molecule has 0 spiro atoms. The Morgan fingerprint density at radius 2 is 1.69 bits per heavy atom. The molecular weight excluding hydrogens is 248 g/mol. The van der Waals surface area contributed by atoms with E-state index in [2.05, 4.69) is 4.72 Å². The lowest BCUT2D eigenvalue weighted by molar-refractivity contribution is 0.407. The summed E-state index contributed by atoms with van der Waals surface area (Å²) >= 11 is 5.79. The van der Waals surface area contributed by atoms with Gasteiger partial charge in [-0.1, -0.05) is 12.8 Å². The van der Waals surface area contributed by atoms with Gasteiger partial charge in [-0.25, -0.2) is 0 Å². The highest BCUT2D eigenvalue weighted by Gasteiger charge is 2.46. The zero-order valence-corrected chi connectivity index (χ0v) is 11.0. The van der Waals surface area contributed by atoms with E-state index in [0.29, 0.717) is 19.0 Å². The molecule has 1 aliphatic heterocycles. The Morgan fingerprint density at radius 1 is 1.12 bits per heavy atom. The average Bonchev–Trinajstić information content (AvgIpc) is 3.00. The summed E-state index contributed by atoms with van der Waals surface area (Å²) in [5.41, 5.74) is -0.341. The van der Waals surface area contributed by atoms with Gasteiger partial charge in [0.25, 0.3) is 10.2 Å². The minimum absolute atomic E-state index is 0.341. The number of nitrogens with zero attached hydrogens (tertiary/aromatic N) is 1. The molecule has 1 N–H and O–H groups in total. The van der Waals surface area contributed by atoms with E-state index in [4.69, 9.17) is 11.6 Å². The van der Waals surface area contributed by atoms with Crippen LogP contribution in [-0.2, 0) is 10.2 Å². The molecule has 0 aromatic carbocycles. The molecule has 1 aliphatic carbocycles. The summed E-state index contributed by atoms with van der Waals surface area (Å²) in [5, 5.41) is 0. The fourth-order valence-electron chi connectivity index (χ4n) is 2.03. The predicted octanol–water partition coefficient (Wildman–Crippen LogP) is 1.47. The molecule has 2 aliphatic rings. The highest BCUT2D eigenvalue weighted by Crippen LogP contribution is 2.37. The van der Waals surface area contributed by atoms with Crippen molar-refractivity contribution in [1.29, 1.82) is 0 Å². The average molecular weight is 267 g/mol. The van der Waals surface area contributed by atoms with Gasteiger partial charge in [0.15, 0.2) is 0 Å². The Balaban J connectivity index is 2.00. The molecule has 1 saturated carbocycles. The van der Waals surface area contributed by atoms with Crippen molar-refractivity contribution >= 4 is 21.8 Å². The fraction of sp³-hybridized carbons (Fsp3) is 1.00. The van der Waals surface area contributed by atoms with Gasteiger partial charge in [-0.3, -0.25) is 0 Å². The van der Waals surface area contributed by atoms with Crippen molar-refractivity contribution in [2.45, 2.75) is 44.1 Å². The Morgan fingerprint density at radius 3 is 2.12 bits per heavy atom. The van der Waals surface area contributed by atoms with Gasteiger partial charge in [-0.15, -0.1) is 11.6 Å². The molecule has 16 heavy (non-hydrogen) atoms. The minimum atomic E-state index is -3.32. The molecule has 6 heteroatoms. The van der Waals surface area contributed by atoms with Crippen LogP contribution in [-0.4, -0.2) is 37.2 Å². The van der Waals surface area contributed by atoms with Crippen LogP contribution in [0, 0.1) is 0 Å². The van der Waals surface area contributed by atoms with Crippen LogP contribution < -0.4 is 4.72 Å². The van der Waals surface area contributed by atoms with Gasteiger partial charge in [0, 0.05) is 24.5 Å². The quantitative estimate of drug-likeness (QED) is 0.784. The fourth-order valence-corrected chi connectivity index (χ4v) is 4.14. The third-order valence-electron chi connectivity index (χ3n) is 3.36. The summed E-state index contributed by atoms with van der Waals surface area (Å²) in [5.74, 6) is 0.375. The van der Waals surface area contributed by atoms with Crippen LogP contribution in [0.4, 0.5) is 0 Å². The largest absolute Gasteiger partial charge is 0.279 e. The molecule has 1 saturated heterocycles. The van der Waals surface area contributed by atoms with Gasteiger partial charge >= 0.3 is 0 Å². The molecule has 2 fully saturated rings. The molecular formula is C10H19ClN2O2S. The molecule has 4 nitrogen and oxygen atoms in total. The van der Waals surface area contributed by atoms with Crippen molar-refractivity contribution in [3.05, 3.63) is 0 Å². The third kappa shape index (κ3) is 2.88. The van der Waals surface area contributed by atoms with E-state index in [9.17, 15) is 8.42 Å². The van der Waals surface area contributed by atoms with Gasteiger partial charge in [0.1, 0.15) is 0 Å². The summed E-state index contributed by atoms with van der Waals surface area (Å²) in [7, 11) is -3.32. The molecule has 0 amide bonds. The number of alkyl halides is 1. The molecule has 0 aromatic rings. The molecule has 0 aromatic heterocycles. The van der Waals surface area contributed by atoms with Crippen LogP contribution in [0.2, 0.25) is 0 Å². The topological polar surface area (TPSA) is 49.4 Å². The normalized spacial score (nSPS) is 26.3. The maximum absolute atomic E-state index is 12.1. The smallest absolute Gasteiger partial charge is 0.195 e. The van der Waals surface area contributed by atoms with Crippen molar-refractivity contribution in [3.63, 3.8) is 0 Å². The van der Waals surface area contributed by atoms with E-state index in [1.54, 1.807) is 4.31 Å². The first kappa shape index (κ1) is 12.6. The van der Waals surface area contributed by atoms with E-state index in [1.165, 1.54) is 0 Å². The Bertz CT molecular complexity index is 333. The van der Waals surface area contributed by atoms with Gasteiger partial charge in [-0.05, 0) is 25.7 Å². The highest BCUT2D eigenvalue weighted by atomic mass is 35.5. The molecule has 0 bridgehead atoms. The zero-order chi connectivity index (χ0) is 11.6. The van der Waals surface area contributed by atoms with Crippen molar-refractivity contribution in [2.24, 2.45) is 0 Å². The van der Waals surface area contributed by atoms with Gasteiger partial charge < -0.3 is 0 Å². The number of nitrogens with one attached hydrogen (secondary N) is 1. The van der Waals surface area contributed by atoms with Gasteiger partial charge in [-0.2, -0.15) is 17.4 Å². The van der Waals surface area contributed by atoms with Crippen molar-refractivity contribution in [2.75, 3.05) is 19.0 Å². The molecule has 0 unspecified atom stereocenters. The van der Waals surface area contributed by atoms with Crippen LogP contribution in [0.25, 0.3) is 0 Å². The standard InChI is InChI=1S/C10H19ClN2O2S/c11-9-10(5-6-10)12-16(14,15)13-7-3-1-2-4-8-13/h12H,1-9H2. The minimum Gasteiger partial charge on any atom is -0.195 e. The summed E-state index contributed by atoms with van der Waals surface area (Å²) in [4.78, 5) is 0.